The Morgan fingerprint density at radius 1 is 1.25 bits per heavy atom. The molecule has 2 N–H and O–H groups in total. The Hall–Kier alpha value is -1.42. The second kappa shape index (κ2) is 6.23. The van der Waals surface area contributed by atoms with Gasteiger partial charge in [-0.15, -0.1) is 0 Å². The summed E-state index contributed by atoms with van der Waals surface area (Å²) in [4.78, 5) is 22.1. The highest BCUT2D eigenvalue weighted by molar-refractivity contribution is 5.95. The highest BCUT2D eigenvalue weighted by Crippen LogP contribution is 2.24. The number of nitrogens with two attached hydrogens (primary N) is 1. The van der Waals surface area contributed by atoms with Crippen LogP contribution in [0.25, 0.3) is 0 Å². The molecule has 1 fully saturated rings. The molecule has 0 aliphatic carbocycles. The predicted octanol–water partition coefficient (Wildman–Crippen LogP) is 1.11. The van der Waals surface area contributed by atoms with Crippen molar-refractivity contribution in [3.8, 4) is 0 Å². The van der Waals surface area contributed by atoms with Crippen LogP contribution < -0.4 is 5.73 Å². The van der Waals surface area contributed by atoms with E-state index in [0.717, 1.165) is 6.42 Å². The zero-order valence-corrected chi connectivity index (χ0v) is 9.39. The fourth-order valence-electron chi connectivity index (χ4n) is 1.37. The average molecular weight is 223 g/mol. The minimum absolute atomic E-state index is 0.0421. The molecule has 0 aromatic carbocycles. The van der Waals surface area contributed by atoms with Gasteiger partial charge in [-0.3, -0.25) is 9.59 Å². The van der Waals surface area contributed by atoms with E-state index in [1.165, 1.54) is 0 Å². The Morgan fingerprint density at radius 3 is 2.56 bits per heavy atom. The molecule has 4 heteroatoms. The number of carbonyl (C=O) groups excluding carboxylic acids is 2. The quantitative estimate of drug-likeness (QED) is 0.519. The van der Waals surface area contributed by atoms with Gasteiger partial charge in [-0.2, -0.15) is 0 Å². The van der Waals surface area contributed by atoms with E-state index in [-0.39, 0.29) is 5.78 Å². The van der Waals surface area contributed by atoms with E-state index in [1.54, 1.807) is 0 Å². The van der Waals surface area contributed by atoms with Gasteiger partial charge in [0.15, 0.2) is 18.0 Å². The lowest BCUT2D eigenvalue weighted by Crippen LogP contribution is -2.22. The minimum atomic E-state index is -0.681. The summed E-state index contributed by atoms with van der Waals surface area (Å²) in [7, 11) is 0. The molecule has 0 unspecified atom stereocenters. The van der Waals surface area contributed by atoms with Crippen molar-refractivity contribution in [1.82, 2.24) is 0 Å². The maximum atomic E-state index is 11.4. The second-order valence-electron chi connectivity index (χ2n) is 3.66. The SMILES string of the molecule is C/C=C\C/C=C/CCC(=O)[C@H]1O[C@H]1C(N)=O. The van der Waals surface area contributed by atoms with Gasteiger partial charge in [0.2, 0.25) is 5.91 Å². The number of carbonyl (C=O) groups is 2. The Bertz CT molecular complexity index is 320. The van der Waals surface area contributed by atoms with Crippen molar-refractivity contribution < 1.29 is 14.3 Å². The first-order valence-electron chi connectivity index (χ1n) is 5.40. The number of Topliss-reactive ketones (excluding diaryl/α,β-unsaturated/α-hetero) is 1. The van der Waals surface area contributed by atoms with Crippen molar-refractivity contribution in [1.29, 1.82) is 0 Å². The number of allylic oxidation sites excluding steroid dienone is 4. The Balaban J connectivity index is 2.12. The monoisotopic (exact) mass is 223 g/mol. The minimum Gasteiger partial charge on any atom is -0.367 e. The van der Waals surface area contributed by atoms with Gasteiger partial charge >= 0.3 is 0 Å². The number of rotatable bonds is 7. The summed E-state index contributed by atoms with van der Waals surface area (Å²) in [5.74, 6) is -0.596. The Kier molecular flexibility index (Phi) is 4.92. The van der Waals surface area contributed by atoms with E-state index < -0.39 is 18.1 Å². The number of primary amides is 1. The number of hydrogen-bond donors (Lipinski definition) is 1. The lowest BCUT2D eigenvalue weighted by Gasteiger charge is -1.92. The molecule has 0 aromatic heterocycles. The normalized spacial score (nSPS) is 24.1. The fourth-order valence-corrected chi connectivity index (χ4v) is 1.37. The van der Waals surface area contributed by atoms with Gasteiger partial charge in [-0.05, 0) is 19.8 Å². The highest BCUT2D eigenvalue weighted by Gasteiger charge is 2.48. The first-order chi connectivity index (χ1) is 7.66. The molecule has 1 rings (SSSR count). The smallest absolute Gasteiger partial charge is 0.249 e. The molecule has 1 amide bonds. The first kappa shape index (κ1) is 12.6. The lowest BCUT2D eigenvalue weighted by molar-refractivity contribution is -0.121. The van der Waals surface area contributed by atoms with E-state index in [1.807, 2.05) is 31.2 Å². The number of hydrogen-bond acceptors (Lipinski definition) is 3. The van der Waals surface area contributed by atoms with Gasteiger partial charge in [-0.1, -0.05) is 24.3 Å². The summed E-state index contributed by atoms with van der Waals surface area (Å²) in [6.45, 7) is 1.96. The van der Waals surface area contributed by atoms with Crippen LogP contribution in [0.4, 0.5) is 0 Å². The summed E-state index contributed by atoms with van der Waals surface area (Å²) >= 11 is 0. The molecule has 1 aliphatic rings. The van der Waals surface area contributed by atoms with E-state index >= 15 is 0 Å². The van der Waals surface area contributed by atoms with E-state index in [0.29, 0.717) is 12.8 Å². The van der Waals surface area contributed by atoms with Gasteiger partial charge in [0.1, 0.15) is 0 Å². The summed E-state index contributed by atoms with van der Waals surface area (Å²) < 4.78 is 4.88. The lowest BCUT2D eigenvalue weighted by atomic mass is 10.1. The molecule has 4 nitrogen and oxygen atoms in total. The largest absolute Gasteiger partial charge is 0.367 e. The van der Waals surface area contributed by atoms with Crippen molar-refractivity contribution in [2.45, 2.75) is 38.4 Å². The topological polar surface area (TPSA) is 72.7 Å². The number of ether oxygens (including phenoxy) is 1. The van der Waals surface area contributed by atoms with Crippen molar-refractivity contribution in [2.75, 3.05) is 0 Å². The molecule has 0 saturated carbocycles. The molecule has 0 aromatic rings. The zero-order valence-electron chi connectivity index (χ0n) is 9.39. The summed E-state index contributed by atoms with van der Waals surface area (Å²) in [6.07, 6.45) is 8.68. The number of ketones is 1. The molecule has 0 bridgehead atoms. The molecule has 88 valence electrons. The van der Waals surface area contributed by atoms with E-state index in [9.17, 15) is 9.59 Å². The molecule has 2 atom stereocenters. The molecule has 0 radical (unpaired) electrons. The van der Waals surface area contributed by atoms with Crippen LogP contribution in [-0.2, 0) is 14.3 Å². The van der Waals surface area contributed by atoms with Gasteiger partial charge in [-0.25, -0.2) is 0 Å². The summed E-state index contributed by atoms with van der Waals surface area (Å²) in [6, 6.07) is 0. The molecule has 16 heavy (non-hydrogen) atoms. The number of epoxide rings is 1. The first-order valence-corrected chi connectivity index (χ1v) is 5.40. The van der Waals surface area contributed by atoms with Gasteiger partial charge < -0.3 is 10.5 Å². The van der Waals surface area contributed by atoms with Crippen molar-refractivity contribution in [3.05, 3.63) is 24.3 Å². The Labute approximate surface area is 95.1 Å². The van der Waals surface area contributed by atoms with Crippen LogP contribution in [0.15, 0.2) is 24.3 Å². The Morgan fingerprint density at radius 2 is 2.00 bits per heavy atom. The summed E-state index contributed by atoms with van der Waals surface area (Å²) in [5, 5.41) is 0. The van der Waals surface area contributed by atoms with Crippen molar-refractivity contribution in [3.63, 3.8) is 0 Å². The van der Waals surface area contributed by atoms with Crippen LogP contribution in [0.2, 0.25) is 0 Å². The third kappa shape index (κ3) is 3.98. The molecule has 1 aliphatic heterocycles. The van der Waals surface area contributed by atoms with E-state index in [2.05, 4.69) is 0 Å². The number of amides is 1. The molecule has 1 heterocycles. The van der Waals surface area contributed by atoms with Crippen molar-refractivity contribution >= 4 is 11.7 Å². The molecular weight excluding hydrogens is 206 g/mol. The maximum Gasteiger partial charge on any atom is 0.249 e. The van der Waals surface area contributed by atoms with Crippen LogP contribution in [0.3, 0.4) is 0 Å². The third-order valence-corrected chi connectivity index (χ3v) is 2.32. The van der Waals surface area contributed by atoms with E-state index in [4.69, 9.17) is 10.5 Å². The van der Waals surface area contributed by atoms with Crippen LogP contribution in [0.5, 0.6) is 0 Å². The molecule has 0 spiro atoms. The highest BCUT2D eigenvalue weighted by atomic mass is 16.6. The average Bonchev–Trinajstić information content (AvgIpc) is 3.02. The second-order valence-corrected chi connectivity index (χ2v) is 3.66. The summed E-state index contributed by atoms with van der Waals surface area (Å²) in [5.41, 5.74) is 5.00. The molecule has 1 saturated heterocycles. The van der Waals surface area contributed by atoms with Crippen LogP contribution in [0, 0.1) is 0 Å². The molecular formula is C12H17NO3. The fraction of sp³-hybridized carbons (Fsp3) is 0.500. The van der Waals surface area contributed by atoms with Crippen molar-refractivity contribution in [2.24, 2.45) is 5.73 Å². The van der Waals surface area contributed by atoms with Crippen LogP contribution in [-0.4, -0.2) is 23.9 Å². The predicted molar refractivity (Wildman–Crippen MR) is 60.7 cm³/mol. The van der Waals surface area contributed by atoms with Gasteiger partial charge in [0, 0.05) is 6.42 Å². The third-order valence-electron chi connectivity index (χ3n) is 2.32. The van der Waals surface area contributed by atoms with Gasteiger partial charge in [0.05, 0.1) is 0 Å². The van der Waals surface area contributed by atoms with Gasteiger partial charge in [0.25, 0.3) is 0 Å². The standard InChI is InChI=1S/C12H17NO3/c1-2-3-4-5-6-7-8-9(14)10-11(16-10)12(13)15/h2-3,5-6,10-11H,4,7-8H2,1H3,(H2,13,15)/b3-2-,6-5+/t10-,11-/m1/s1. The maximum absolute atomic E-state index is 11.4. The zero-order chi connectivity index (χ0) is 12.0. The van der Waals surface area contributed by atoms with Crippen LogP contribution >= 0.6 is 0 Å². The van der Waals surface area contributed by atoms with Crippen LogP contribution in [0.1, 0.15) is 26.2 Å².